The summed E-state index contributed by atoms with van der Waals surface area (Å²) >= 11 is 0. The van der Waals surface area contributed by atoms with Crippen molar-refractivity contribution in [2.75, 3.05) is 25.1 Å². The van der Waals surface area contributed by atoms with Crippen LogP contribution in [0.5, 0.6) is 11.5 Å². The lowest BCUT2D eigenvalue weighted by atomic mass is 10.0. The van der Waals surface area contributed by atoms with Gasteiger partial charge in [0.05, 0.1) is 22.9 Å². The second-order valence-electron chi connectivity index (χ2n) is 8.09. The predicted molar refractivity (Wildman–Crippen MR) is 114 cm³/mol. The molecule has 4 amide bonds. The minimum absolute atomic E-state index is 0.00971. The Morgan fingerprint density at radius 3 is 2.62 bits per heavy atom. The molecule has 3 aliphatic rings. The first-order chi connectivity index (χ1) is 16.3. The third-order valence-electron chi connectivity index (χ3n) is 5.98. The van der Waals surface area contributed by atoms with Gasteiger partial charge in [-0.1, -0.05) is 6.07 Å². The van der Waals surface area contributed by atoms with E-state index >= 15 is 0 Å². The normalized spacial score (nSPS) is 20.2. The number of piperidine rings is 1. The van der Waals surface area contributed by atoms with Gasteiger partial charge in [-0.05, 0) is 36.2 Å². The van der Waals surface area contributed by atoms with Crippen LogP contribution in [0.3, 0.4) is 0 Å². The molecule has 3 heterocycles. The van der Waals surface area contributed by atoms with Crippen molar-refractivity contribution in [2.24, 2.45) is 0 Å². The molecule has 5 rings (SSSR count). The van der Waals surface area contributed by atoms with Gasteiger partial charge in [0.1, 0.15) is 25.1 Å². The number of nitrogens with zero attached hydrogens (tertiary/aromatic N) is 1. The van der Waals surface area contributed by atoms with Crippen molar-refractivity contribution in [2.45, 2.75) is 25.0 Å². The first-order valence-corrected chi connectivity index (χ1v) is 10.7. The van der Waals surface area contributed by atoms with E-state index < -0.39 is 41.6 Å². The van der Waals surface area contributed by atoms with Crippen molar-refractivity contribution in [3.8, 4) is 11.5 Å². The van der Waals surface area contributed by atoms with Crippen molar-refractivity contribution in [1.82, 2.24) is 10.2 Å². The van der Waals surface area contributed by atoms with Crippen LogP contribution in [0.2, 0.25) is 0 Å². The lowest BCUT2D eigenvalue weighted by Crippen LogP contribution is -2.54. The molecule has 10 nitrogen and oxygen atoms in total. The van der Waals surface area contributed by atoms with Gasteiger partial charge in [0.2, 0.25) is 11.8 Å². The van der Waals surface area contributed by atoms with Crippen LogP contribution in [0.15, 0.2) is 30.3 Å². The van der Waals surface area contributed by atoms with Crippen molar-refractivity contribution in [3.63, 3.8) is 0 Å². The quantitative estimate of drug-likeness (QED) is 0.555. The zero-order valence-corrected chi connectivity index (χ0v) is 17.8. The number of aliphatic hydroxyl groups excluding tert-OH is 1. The molecule has 1 unspecified atom stereocenters. The Kier molecular flexibility index (Phi) is 5.40. The third kappa shape index (κ3) is 3.63. The lowest BCUT2D eigenvalue weighted by molar-refractivity contribution is -0.136. The number of anilines is 1. The van der Waals surface area contributed by atoms with E-state index in [4.69, 9.17) is 9.47 Å². The van der Waals surface area contributed by atoms with E-state index in [0.29, 0.717) is 30.3 Å². The largest absolute Gasteiger partial charge is 0.486 e. The van der Waals surface area contributed by atoms with Gasteiger partial charge in [-0.25, -0.2) is 4.39 Å². The average molecular weight is 469 g/mol. The van der Waals surface area contributed by atoms with Crippen molar-refractivity contribution >= 4 is 29.3 Å². The summed E-state index contributed by atoms with van der Waals surface area (Å²) in [5.41, 5.74) is -0.0453. The number of hydrogen-bond donors (Lipinski definition) is 3. The number of hydrogen-bond acceptors (Lipinski definition) is 8. The number of nitrogens with one attached hydrogen (secondary N) is 2. The molecular weight excluding hydrogens is 449 g/mol. The van der Waals surface area contributed by atoms with E-state index in [2.05, 4.69) is 10.6 Å². The molecule has 2 aromatic carbocycles. The van der Waals surface area contributed by atoms with E-state index in [1.165, 1.54) is 6.07 Å². The number of amides is 4. The SMILES string of the molecule is O=C1CCC(N2C(=O)c3ccc(F)c(NC[C@H](O)c4ccc5c(c4)OCCO5)c3C2=O)C(=O)N1. The van der Waals surface area contributed by atoms with Crippen molar-refractivity contribution in [1.29, 1.82) is 0 Å². The summed E-state index contributed by atoms with van der Waals surface area (Å²) < 4.78 is 25.7. The number of aliphatic hydroxyl groups is 1. The molecule has 2 aromatic rings. The number of fused-ring (bicyclic) bond motifs is 2. The number of ether oxygens (including phenoxy) is 2. The number of rotatable bonds is 5. The second-order valence-corrected chi connectivity index (χ2v) is 8.09. The number of halogens is 1. The van der Waals surface area contributed by atoms with Gasteiger partial charge in [0.25, 0.3) is 11.8 Å². The third-order valence-corrected chi connectivity index (χ3v) is 5.98. The fraction of sp³-hybridized carbons (Fsp3) is 0.304. The Morgan fingerprint density at radius 2 is 1.85 bits per heavy atom. The predicted octanol–water partition coefficient (Wildman–Crippen LogP) is 1.14. The van der Waals surface area contributed by atoms with Crippen LogP contribution in [-0.2, 0) is 9.59 Å². The fourth-order valence-electron chi connectivity index (χ4n) is 4.29. The van der Waals surface area contributed by atoms with Gasteiger partial charge < -0.3 is 19.9 Å². The highest BCUT2D eigenvalue weighted by atomic mass is 19.1. The summed E-state index contributed by atoms with van der Waals surface area (Å²) in [5.74, 6) is -2.58. The van der Waals surface area contributed by atoms with Gasteiger partial charge in [0.15, 0.2) is 11.5 Å². The summed E-state index contributed by atoms with van der Waals surface area (Å²) in [7, 11) is 0. The summed E-state index contributed by atoms with van der Waals surface area (Å²) in [6, 6.07) is 5.98. The molecule has 0 aliphatic carbocycles. The standard InChI is InChI=1S/C23H20FN3O7/c24-13-3-2-12-19(23(32)27(22(12)31)14-4-6-18(29)26-21(14)30)20(13)25-10-15(28)11-1-5-16-17(9-11)34-8-7-33-16/h1-3,5,9,14-15,25,28H,4,6-8,10H2,(H,26,29,30)/t14?,15-/m0/s1. The molecule has 1 fully saturated rings. The number of benzene rings is 2. The van der Waals surface area contributed by atoms with Gasteiger partial charge in [-0.2, -0.15) is 0 Å². The minimum atomic E-state index is -1.16. The molecule has 3 N–H and O–H groups in total. The second kappa shape index (κ2) is 8.41. The van der Waals surface area contributed by atoms with Gasteiger partial charge in [0, 0.05) is 13.0 Å². The van der Waals surface area contributed by atoms with Gasteiger partial charge >= 0.3 is 0 Å². The van der Waals surface area contributed by atoms with Crippen LogP contribution in [0.4, 0.5) is 10.1 Å². The minimum Gasteiger partial charge on any atom is -0.486 e. The highest BCUT2D eigenvalue weighted by molar-refractivity contribution is 6.25. The maximum atomic E-state index is 14.7. The van der Waals surface area contributed by atoms with Crippen LogP contribution in [0.25, 0.3) is 0 Å². The molecule has 34 heavy (non-hydrogen) atoms. The molecule has 0 bridgehead atoms. The number of imide groups is 2. The number of carbonyl (C=O) groups is 4. The van der Waals surface area contributed by atoms with Crippen LogP contribution >= 0.6 is 0 Å². The Morgan fingerprint density at radius 1 is 1.09 bits per heavy atom. The molecule has 11 heteroatoms. The van der Waals surface area contributed by atoms with Gasteiger partial charge in [-0.15, -0.1) is 0 Å². The van der Waals surface area contributed by atoms with E-state index in [0.717, 1.165) is 11.0 Å². The first kappa shape index (κ1) is 21.8. The van der Waals surface area contributed by atoms with Crippen molar-refractivity contribution in [3.05, 3.63) is 52.8 Å². The summed E-state index contributed by atoms with van der Waals surface area (Å²) in [4.78, 5) is 50.5. The lowest BCUT2D eigenvalue weighted by Gasteiger charge is -2.27. The Hall–Kier alpha value is -3.99. The molecule has 0 spiro atoms. The molecule has 0 saturated carbocycles. The van der Waals surface area contributed by atoms with E-state index in [1.807, 2.05) is 0 Å². The smallest absolute Gasteiger partial charge is 0.264 e. The Balaban J connectivity index is 1.38. The molecule has 176 valence electrons. The summed E-state index contributed by atoms with van der Waals surface area (Å²) in [6.07, 6.45) is -1.13. The topological polar surface area (TPSA) is 134 Å². The highest BCUT2D eigenvalue weighted by Gasteiger charge is 2.46. The van der Waals surface area contributed by atoms with E-state index in [9.17, 15) is 28.7 Å². The summed E-state index contributed by atoms with van der Waals surface area (Å²) in [5, 5.41) is 15.5. The molecule has 0 aromatic heterocycles. The Bertz CT molecular complexity index is 1230. The molecular formula is C23H20FN3O7. The van der Waals surface area contributed by atoms with Crippen LogP contribution in [-0.4, -0.2) is 59.4 Å². The van der Waals surface area contributed by atoms with Crippen LogP contribution < -0.4 is 20.1 Å². The summed E-state index contributed by atoms with van der Waals surface area (Å²) in [6.45, 7) is 0.635. The average Bonchev–Trinajstić information content (AvgIpc) is 3.08. The first-order valence-electron chi connectivity index (χ1n) is 10.7. The molecule has 2 atom stereocenters. The van der Waals surface area contributed by atoms with Crippen molar-refractivity contribution < 1.29 is 38.1 Å². The van der Waals surface area contributed by atoms with E-state index in [1.54, 1.807) is 18.2 Å². The maximum absolute atomic E-state index is 14.7. The zero-order valence-electron chi connectivity index (χ0n) is 17.8. The monoisotopic (exact) mass is 469 g/mol. The molecule has 3 aliphatic heterocycles. The Labute approximate surface area is 192 Å². The number of carbonyl (C=O) groups excluding carboxylic acids is 4. The van der Waals surface area contributed by atoms with Gasteiger partial charge in [-0.3, -0.25) is 29.4 Å². The van der Waals surface area contributed by atoms with Crippen LogP contribution in [0, 0.1) is 5.82 Å². The van der Waals surface area contributed by atoms with E-state index in [-0.39, 0.29) is 36.2 Å². The molecule has 0 radical (unpaired) electrons. The maximum Gasteiger partial charge on any atom is 0.264 e. The zero-order chi connectivity index (χ0) is 24.0. The fourth-order valence-corrected chi connectivity index (χ4v) is 4.29. The van der Waals surface area contributed by atoms with Crippen LogP contribution in [0.1, 0.15) is 45.2 Å². The highest BCUT2D eigenvalue weighted by Crippen LogP contribution is 2.35. The molecule has 1 saturated heterocycles.